The second kappa shape index (κ2) is 6.56. The van der Waals surface area contributed by atoms with Crippen LogP contribution in [-0.2, 0) is 16.0 Å². The average molecular weight is 429 g/mol. The number of hydrogen-bond acceptors (Lipinski definition) is 9. The first-order valence-electron chi connectivity index (χ1n) is 9.69. The summed E-state index contributed by atoms with van der Waals surface area (Å²) in [6, 6.07) is 1.67. The third-order valence-electron chi connectivity index (χ3n) is 6.59. The van der Waals surface area contributed by atoms with E-state index in [0.717, 1.165) is 0 Å². The number of hydrogen-bond donors (Lipinski definition) is 6. The number of fused-ring (bicyclic) bond motifs is 3. The first-order chi connectivity index (χ1) is 14.4. The second-order valence-corrected chi connectivity index (χ2v) is 8.43. The molecule has 1 aromatic carbocycles. The van der Waals surface area contributed by atoms with Gasteiger partial charge in [-0.25, -0.2) is 0 Å². The van der Waals surface area contributed by atoms with Crippen molar-refractivity contribution in [2.24, 2.45) is 23.3 Å². The Morgan fingerprint density at radius 2 is 1.84 bits per heavy atom. The van der Waals surface area contributed by atoms with E-state index in [1.807, 2.05) is 0 Å². The number of carbonyl (C=O) groups excluding carboxylic acids is 3. The van der Waals surface area contributed by atoms with Gasteiger partial charge in [0.15, 0.2) is 11.4 Å². The molecule has 0 aliphatic heterocycles. The van der Waals surface area contributed by atoms with Crippen LogP contribution in [0.4, 0.5) is 5.69 Å². The molecular weight excluding hydrogens is 406 g/mol. The first kappa shape index (κ1) is 20.9. The van der Waals surface area contributed by atoms with E-state index < -0.39 is 58.0 Å². The van der Waals surface area contributed by atoms with Crippen LogP contribution in [0.5, 0.6) is 5.75 Å². The van der Waals surface area contributed by atoms with Crippen molar-refractivity contribution in [3.63, 3.8) is 0 Å². The van der Waals surface area contributed by atoms with Gasteiger partial charge in [0, 0.05) is 31.3 Å². The second-order valence-electron chi connectivity index (χ2n) is 8.43. The molecule has 0 aromatic heterocycles. The fourth-order valence-corrected chi connectivity index (χ4v) is 5.12. The van der Waals surface area contributed by atoms with E-state index in [1.54, 1.807) is 25.1 Å². The maximum Gasteiger partial charge on any atom is 0.255 e. The molecule has 31 heavy (non-hydrogen) atoms. The SMILES string of the molecule is CN(C)c1ccc(O)c2c1C[C@H]1C[C@H]3C(N)C(O)=C(C(N)=O)C(=O)[C@@]3(O)C(O)=C1C2=O. The summed E-state index contributed by atoms with van der Waals surface area (Å²) in [5, 5.41) is 42.9. The number of nitrogens with two attached hydrogens (primary N) is 2. The van der Waals surface area contributed by atoms with Crippen LogP contribution in [0, 0.1) is 11.8 Å². The Bertz CT molecular complexity index is 1120. The molecule has 164 valence electrons. The molecule has 0 spiro atoms. The van der Waals surface area contributed by atoms with Gasteiger partial charge in [0.25, 0.3) is 5.91 Å². The summed E-state index contributed by atoms with van der Waals surface area (Å²) in [5.41, 5.74) is 8.63. The minimum absolute atomic E-state index is 0.0212. The quantitative estimate of drug-likeness (QED) is 0.339. The van der Waals surface area contributed by atoms with Crippen molar-refractivity contribution in [3.05, 3.63) is 45.9 Å². The summed E-state index contributed by atoms with van der Waals surface area (Å²) >= 11 is 0. The van der Waals surface area contributed by atoms with Gasteiger partial charge in [0.1, 0.15) is 22.8 Å². The zero-order valence-electron chi connectivity index (χ0n) is 16.9. The first-order valence-corrected chi connectivity index (χ1v) is 9.69. The molecule has 0 saturated carbocycles. The highest BCUT2D eigenvalue weighted by atomic mass is 16.3. The number of primary amides is 1. The van der Waals surface area contributed by atoms with Gasteiger partial charge < -0.3 is 36.8 Å². The van der Waals surface area contributed by atoms with Gasteiger partial charge in [0.2, 0.25) is 5.78 Å². The van der Waals surface area contributed by atoms with E-state index in [-0.39, 0.29) is 29.7 Å². The van der Waals surface area contributed by atoms with Crippen LogP contribution >= 0.6 is 0 Å². The number of aromatic hydroxyl groups is 1. The lowest BCUT2D eigenvalue weighted by molar-refractivity contribution is -0.145. The molecule has 4 rings (SSSR count). The van der Waals surface area contributed by atoms with Crippen molar-refractivity contribution >= 4 is 23.2 Å². The highest BCUT2D eigenvalue weighted by Gasteiger charge is 2.62. The number of anilines is 1. The Kier molecular flexibility index (Phi) is 4.42. The third-order valence-corrected chi connectivity index (χ3v) is 6.59. The summed E-state index contributed by atoms with van der Waals surface area (Å²) in [4.78, 5) is 39.8. The molecule has 0 saturated heterocycles. The Labute approximate surface area is 177 Å². The fourth-order valence-electron chi connectivity index (χ4n) is 5.12. The normalized spacial score (nSPS) is 30.0. The number of phenolic OH excluding ortho intramolecular Hbond substituents is 1. The monoisotopic (exact) mass is 429 g/mol. The number of nitrogens with zero attached hydrogens (tertiary/aromatic N) is 1. The van der Waals surface area contributed by atoms with Gasteiger partial charge in [0.05, 0.1) is 11.6 Å². The van der Waals surface area contributed by atoms with Gasteiger partial charge in [-0.05, 0) is 36.5 Å². The van der Waals surface area contributed by atoms with E-state index in [0.29, 0.717) is 11.3 Å². The smallest absolute Gasteiger partial charge is 0.255 e. The maximum absolute atomic E-state index is 13.3. The summed E-state index contributed by atoms with van der Waals surface area (Å²) in [6.07, 6.45) is 0.204. The predicted molar refractivity (Wildman–Crippen MR) is 109 cm³/mol. The van der Waals surface area contributed by atoms with Crippen LogP contribution in [0.25, 0.3) is 0 Å². The molecule has 0 fully saturated rings. The molecule has 0 radical (unpaired) electrons. The van der Waals surface area contributed by atoms with Crippen LogP contribution in [-0.4, -0.2) is 63.6 Å². The molecule has 8 N–H and O–H groups in total. The summed E-state index contributed by atoms with van der Waals surface area (Å²) < 4.78 is 0. The number of carbonyl (C=O) groups is 3. The molecule has 10 nitrogen and oxygen atoms in total. The van der Waals surface area contributed by atoms with Crippen molar-refractivity contribution in [2.45, 2.75) is 24.5 Å². The van der Waals surface area contributed by atoms with Crippen molar-refractivity contribution < 1.29 is 34.8 Å². The summed E-state index contributed by atoms with van der Waals surface area (Å²) in [5.74, 6) is -7.13. The Morgan fingerprint density at radius 3 is 2.42 bits per heavy atom. The number of aliphatic hydroxyl groups excluding tert-OH is 2. The number of phenols is 1. The van der Waals surface area contributed by atoms with Crippen LogP contribution in [0.15, 0.2) is 34.8 Å². The Balaban J connectivity index is 1.95. The van der Waals surface area contributed by atoms with Crippen LogP contribution in [0.2, 0.25) is 0 Å². The summed E-state index contributed by atoms with van der Waals surface area (Å²) in [7, 11) is 3.56. The van der Waals surface area contributed by atoms with E-state index in [1.165, 1.54) is 6.07 Å². The number of rotatable bonds is 2. The van der Waals surface area contributed by atoms with Crippen molar-refractivity contribution in [1.29, 1.82) is 0 Å². The van der Waals surface area contributed by atoms with Gasteiger partial charge in [-0.15, -0.1) is 0 Å². The zero-order valence-corrected chi connectivity index (χ0v) is 16.9. The van der Waals surface area contributed by atoms with E-state index in [9.17, 15) is 34.8 Å². The molecule has 0 heterocycles. The largest absolute Gasteiger partial charge is 0.510 e. The molecule has 3 aliphatic rings. The third kappa shape index (κ3) is 2.55. The minimum Gasteiger partial charge on any atom is -0.510 e. The maximum atomic E-state index is 13.3. The number of ketones is 2. The topological polar surface area (TPSA) is 187 Å². The van der Waals surface area contributed by atoms with Crippen LogP contribution in [0.3, 0.4) is 0 Å². The molecular formula is C21H23N3O7. The number of aliphatic hydroxyl groups is 3. The molecule has 0 bridgehead atoms. The van der Waals surface area contributed by atoms with Gasteiger partial charge in [-0.2, -0.15) is 0 Å². The Morgan fingerprint density at radius 1 is 1.19 bits per heavy atom. The number of benzene rings is 1. The van der Waals surface area contributed by atoms with Gasteiger partial charge >= 0.3 is 0 Å². The van der Waals surface area contributed by atoms with E-state index in [2.05, 4.69) is 0 Å². The Hall–Kier alpha value is -3.37. The number of amides is 1. The zero-order chi connectivity index (χ0) is 23.0. The van der Waals surface area contributed by atoms with Crippen LogP contribution in [0.1, 0.15) is 22.3 Å². The van der Waals surface area contributed by atoms with Crippen molar-refractivity contribution in [2.75, 3.05) is 19.0 Å². The van der Waals surface area contributed by atoms with Crippen molar-refractivity contribution in [3.8, 4) is 5.75 Å². The highest BCUT2D eigenvalue weighted by molar-refractivity contribution is 6.24. The van der Waals surface area contributed by atoms with E-state index >= 15 is 0 Å². The fraction of sp³-hybridized carbons (Fsp3) is 0.381. The lowest BCUT2D eigenvalue weighted by Crippen LogP contribution is -2.63. The van der Waals surface area contributed by atoms with Gasteiger partial charge in [-0.1, -0.05) is 0 Å². The molecule has 4 atom stereocenters. The number of Topliss-reactive ketones (excluding diaryl/α,β-unsaturated/α-hetero) is 2. The highest BCUT2D eigenvalue weighted by Crippen LogP contribution is 2.51. The number of allylic oxidation sites excluding steroid dienone is 1. The van der Waals surface area contributed by atoms with Gasteiger partial charge in [-0.3, -0.25) is 14.4 Å². The summed E-state index contributed by atoms with van der Waals surface area (Å²) in [6.45, 7) is 0. The van der Waals surface area contributed by atoms with E-state index in [4.69, 9.17) is 11.5 Å². The standard InChI is InChI=1S/C21H23N3O7/c1-24(2)10-3-4-11(25)13-8(10)5-7-6-9-15(22)17(27)14(20(23)30)19(29)21(9,31)18(28)12(7)16(13)26/h3-4,7,9,15,25,27-28,31H,5-6,22H2,1-2H3,(H2,23,30)/t7-,9-,15?,21-/m0/s1. The van der Waals surface area contributed by atoms with Crippen molar-refractivity contribution in [1.82, 2.24) is 0 Å². The predicted octanol–water partition coefficient (Wildman–Crippen LogP) is -0.416. The molecule has 1 aromatic rings. The molecule has 1 amide bonds. The average Bonchev–Trinajstić information content (AvgIpc) is 2.68. The van der Waals surface area contributed by atoms with Crippen LogP contribution < -0.4 is 16.4 Å². The molecule has 1 unspecified atom stereocenters. The lowest BCUT2D eigenvalue weighted by atomic mass is 9.59. The minimum atomic E-state index is -2.69. The molecule has 10 heteroatoms. The lowest BCUT2D eigenvalue weighted by Gasteiger charge is -2.48. The molecule has 3 aliphatic carbocycles.